The quantitative estimate of drug-likeness (QED) is 0.142. The van der Waals surface area contributed by atoms with E-state index in [0.29, 0.717) is 0 Å². The zero-order valence-electron chi connectivity index (χ0n) is 17.2. The summed E-state index contributed by atoms with van der Waals surface area (Å²) in [7, 11) is -4.26. The number of aliphatic hydroxyl groups is 2. The molecule has 0 spiro atoms. The Morgan fingerprint density at radius 1 is 0.704 bits per heavy atom. The van der Waals surface area contributed by atoms with Gasteiger partial charge in [-0.05, 0) is 32.1 Å². The monoisotopic (exact) mass is 410 g/mol. The van der Waals surface area contributed by atoms with Crippen molar-refractivity contribution in [1.29, 1.82) is 0 Å². The normalized spacial score (nSPS) is 11.6. The smallest absolute Gasteiger partial charge is 0.394 e. The van der Waals surface area contributed by atoms with Gasteiger partial charge in [-0.25, -0.2) is 4.57 Å². The van der Waals surface area contributed by atoms with Crippen LogP contribution in [0.1, 0.15) is 96.8 Å². The number of phosphoric ester groups is 1. The summed E-state index contributed by atoms with van der Waals surface area (Å²) in [5.74, 6) is 0. The summed E-state index contributed by atoms with van der Waals surface area (Å²) in [5, 5.41) is 15.2. The molecule has 0 saturated carbocycles. The van der Waals surface area contributed by atoms with E-state index in [1.54, 1.807) is 0 Å². The first-order chi connectivity index (χ1) is 13.0. The highest BCUT2D eigenvalue weighted by Gasteiger charge is 2.12. The maximum atomic E-state index is 10.5. The second kappa shape index (κ2) is 23.8. The van der Waals surface area contributed by atoms with E-state index in [1.165, 1.54) is 70.6 Å². The minimum absolute atomic E-state index is 0.125. The molecule has 0 saturated heterocycles. The Balaban J connectivity index is 0. The highest BCUT2D eigenvalue weighted by molar-refractivity contribution is 7.46. The molecular formula is C20H43O6P. The van der Waals surface area contributed by atoms with Crippen LogP contribution in [-0.2, 0) is 9.09 Å². The zero-order chi connectivity index (χ0) is 20.6. The van der Waals surface area contributed by atoms with Crippen LogP contribution in [0.5, 0.6) is 0 Å². The lowest BCUT2D eigenvalue weighted by Gasteiger charge is -2.04. The molecule has 0 radical (unpaired) electrons. The fourth-order valence-electron chi connectivity index (χ4n) is 2.53. The number of phosphoric acid groups is 1. The molecule has 0 atom stereocenters. The van der Waals surface area contributed by atoms with Gasteiger partial charge < -0.3 is 20.0 Å². The second-order valence-electron chi connectivity index (χ2n) is 6.71. The van der Waals surface area contributed by atoms with E-state index in [9.17, 15) is 4.57 Å². The summed E-state index contributed by atoms with van der Waals surface area (Å²) in [4.78, 5) is 17.1. The van der Waals surface area contributed by atoms with Gasteiger partial charge in [0.15, 0.2) is 0 Å². The molecule has 0 aliphatic carbocycles. The maximum absolute atomic E-state index is 10.5. The van der Waals surface area contributed by atoms with Crippen molar-refractivity contribution in [1.82, 2.24) is 0 Å². The molecule has 4 N–H and O–H groups in total. The molecule has 0 aromatic heterocycles. The first kappa shape index (κ1) is 29.0. The molecule has 0 fully saturated rings. The number of allylic oxidation sites excluding steroid dienone is 2. The van der Waals surface area contributed by atoms with E-state index >= 15 is 0 Å². The Morgan fingerprint density at radius 2 is 1.11 bits per heavy atom. The summed E-state index contributed by atoms with van der Waals surface area (Å²) < 4.78 is 14.9. The first-order valence-electron chi connectivity index (χ1n) is 10.5. The van der Waals surface area contributed by atoms with Gasteiger partial charge in [-0.2, -0.15) is 0 Å². The van der Waals surface area contributed by atoms with Crippen LogP contribution in [0.15, 0.2) is 12.2 Å². The van der Waals surface area contributed by atoms with Gasteiger partial charge >= 0.3 is 7.82 Å². The Labute approximate surface area is 166 Å². The lowest BCUT2D eigenvalue weighted by molar-refractivity contribution is 0.186. The number of aliphatic hydroxyl groups excluding tert-OH is 2. The Hall–Kier alpha value is -0.230. The van der Waals surface area contributed by atoms with Crippen molar-refractivity contribution in [3.63, 3.8) is 0 Å². The molecule has 27 heavy (non-hydrogen) atoms. The largest absolute Gasteiger partial charge is 0.469 e. The molecule has 0 rings (SSSR count). The summed E-state index contributed by atoms with van der Waals surface area (Å²) in [6.07, 6.45) is 21.7. The van der Waals surface area contributed by atoms with Gasteiger partial charge in [-0.1, -0.05) is 76.9 Å². The van der Waals surface area contributed by atoms with Crippen molar-refractivity contribution in [3.8, 4) is 0 Å². The van der Waals surface area contributed by atoms with Crippen molar-refractivity contribution >= 4 is 7.82 Å². The van der Waals surface area contributed by atoms with E-state index in [-0.39, 0.29) is 19.8 Å². The van der Waals surface area contributed by atoms with Gasteiger partial charge in [0.05, 0.1) is 19.8 Å². The molecule has 0 amide bonds. The fourth-order valence-corrected chi connectivity index (χ4v) is 2.90. The Morgan fingerprint density at radius 3 is 1.52 bits per heavy atom. The van der Waals surface area contributed by atoms with Crippen LogP contribution in [-0.4, -0.2) is 39.8 Å². The average Bonchev–Trinajstić information content (AvgIpc) is 2.63. The van der Waals surface area contributed by atoms with Gasteiger partial charge in [0, 0.05) is 0 Å². The molecule has 0 unspecified atom stereocenters. The molecule has 0 bridgehead atoms. The van der Waals surface area contributed by atoms with Crippen molar-refractivity contribution in [2.45, 2.75) is 96.8 Å². The van der Waals surface area contributed by atoms with E-state index in [2.05, 4.69) is 23.6 Å². The van der Waals surface area contributed by atoms with Gasteiger partial charge in [-0.3, -0.25) is 4.52 Å². The predicted octanol–water partition coefficient (Wildman–Crippen LogP) is 5.10. The van der Waals surface area contributed by atoms with Gasteiger partial charge in [0.1, 0.15) is 0 Å². The van der Waals surface area contributed by atoms with E-state index < -0.39 is 7.82 Å². The highest BCUT2D eigenvalue weighted by atomic mass is 31.2. The predicted molar refractivity (Wildman–Crippen MR) is 112 cm³/mol. The van der Waals surface area contributed by atoms with Crippen molar-refractivity contribution in [3.05, 3.63) is 12.2 Å². The van der Waals surface area contributed by atoms with E-state index in [1.807, 2.05) is 0 Å². The molecular weight excluding hydrogens is 367 g/mol. The molecule has 164 valence electrons. The summed E-state index contributed by atoms with van der Waals surface area (Å²) >= 11 is 0. The molecule has 0 aromatic rings. The van der Waals surface area contributed by atoms with Crippen LogP contribution < -0.4 is 0 Å². The molecule has 0 heterocycles. The molecule has 0 aliphatic rings. The van der Waals surface area contributed by atoms with Crippen molar-refractivity contribution in [2.75, 3.05) is 19.8 Å². The fraction of sp³-hybridized carbons (Fsp3) is 0.900. The van der Waals surface area contributed by atoms with Crippen LogP contribution >= 0.6 is 7.82 Å². The third-order valence-corrected chi connectivity index (χ3v) is 4.53. The average molecular weight is 411 g/mol. The van der Waals surface area contributed by atoms with Crippen molar-refractivity contribution < 1.29 is 29.1 Å². The molecule has 0 aromatic carbocycles. The van der Waals surface area contributed by atoms with Crippen LogP contribution in [0.4, 0.5) is 0 Å². The number of rotatable bonds is 18. The topological polar surface area (TPSA) is 107 Å². The minimum Gasteiger partial charge on any atom is -0.394 e. The van der Waals surface area contributed by atoms with Gasteiger partial charge in [0.25, 0.3) is 0 Å². The summed E-state index contributed by atoms with van der Waals surface area (Å²) in [6.45, 7) is 2.16. The first-order valence-corrected chi connectivity index (χ1v) is 12.1. The minimum atomic E-state index is -4.26. The van der Waals surface area contributed by atoms with Gasteiger partial charge in [0.2, 0.25) is 0 Å². The number of unbranched alkanes of at least 4 members (excludes halogenated alkanes) is 12. The summed E-state index contributed by atoms with van der Waals surface area (Å²) in [6, 6.07) is 0. The third kappa shape index (κ3) is 33.8. The maximum Gasteiger partial charge on any atom is 0.469 e. The second-order valence-corrected chi connectivity index (χ2v) is 7.95. The molecule has 0 aliphatic heterocycles. The summed E-state index contributed by atoms with van der Waals surface area (Å²) in [5.41, 5.74) is 0. The van der Waals surface area contributed by atoms with Crippen LogP contribution in [0.2, 0.25) is 0 Å². The molecule has 6 nitrogen and oxygen atoms in total. The van der Waals surface area contributed by atoms with E-state index in [4.69, 9.17) is 20.0 Å². The van der Waals surface area contributed by atoms with Gasteiger partial charge in [-0.15, -0.1) is 0 Å². The lowest BCUT2D eigenvalue weighted by Crippen LogP contribution is -1.92. The third-order valence-electron chi connectivity index (χ3n) is 4.02. The highest BCUT2D eigenvalue weighted by Crippen LogP contribution is 2.35. The number of hydrogen-bond acceptors (Lipinski definition) is 4. The Kier molecular flexibility index (Phi) is 25.6. The standard InChI is InChI=1S/C18H37O4P.C2H6O2/c1-2-3-4-5-6-7-8-9-10-11-12-13-14-15-16-17-18-22-23(19,20)21;3-1-2-4/h9-10H,2-8,11-18H2,1H3,(H2,19,20,21);3-4H,1-2H2/b10-9-;. The Bertz CT molecular complexity index is 341. The zero-order valence-corrected chi connectivity index (χ0v) is 18.1. The van der Waals surface area contributed by atoms with Crippen molar-refractivity contribution in [2.24, 2.45) is 0 Å². The molecule has 7 heteroatoms. The van der Waals surface area contributed by atoms with E-state index in [0.717, 1.165) is 19.3 Å². The van der Waals surface area contributed by atoms with Crippen LogP contribution in [0, 0.1) is 0 Å². The van der Waals surface area contributed by atoms with Crippen LogP contribution in [0.25, 0.3) is 0 Å². The SMILES string of the molecule is CCCCCCCC/C=C\CCCCCCCCOP(=O)(O)O.OCCO. The van der Waals surface area contributed by atoms with Crippen LogP contribution in [0.3, 0.4) is 0 Å². The lowest BCUT2D eigenvalue weighted by atomic mass is 10.1. The number of hydrogen-bond donors (Lipinski definition) is 4.